The Morgan fingerprint density at radius 3 is 2.52 bits per heavy atom. The molecule has 1 aliphatic rings. The van der Waals surface area contributed by atoms with Crippen LogP contribution in [0.3, 0.4) is 0 Å². The lowest BCUT2D eigenvalue weighted by Gasteiger charge is -2.12. The number of carbonyl (C=O) groups is 2. The van der Waals surface area contributed by atoms with Crippen LogP contribution in [0.4, 0.5) is 10.5 Å². The molecule has 1 heterocycles. The SMILES string of the molecule is CCC(=O)Nc1ccc(O)c(-c2cc(C3CCCC3)n(C(=O)NCc3ccc(C)cc3)n2)c1. The second-order valence-electron chi connectivity index (χ2n) is 8.63. The predicted octanol–water partition coefficient (Wildman–Crippen LogP) is 5.33. The number of aryl methyl sites for hydroxylation is 1. The van der Waals surface area contributed by atoms with Gasteiger partial charge in [-0.15, -0.1) is 0 Å². The van der Waals surface area contributed by atoms with E-state index in [1.807, 2.05) is 37.3 Å². The predicted molar refractivity (Wildman–Crippen MR) is 128 cm³/mol. The van der Waals surface area contributed by atoms with E-state index in [1.54, 1.807) is 19.1 Å². The maximum Gasteiger partial charge on any atom is 0.342 e. The molecular weight excluding hydrogens is 416 g/mol. The van der Waals surface area contributed by atoms with Crippen LogP contribution in [-0.2, 0) is 11.3 Å². The fourth-order valence-corrected chi connectivity index (χ4v) is 4.23. The third kappa shape index (κ3) is 5.25. The van der Waals surface area contributed by atoms with Crippen LogP contribution in [0.5, 0.6) is 5.75 Å². The number of nitrogens with zero attached hydrogens (tertiary/aromatic N) is 2. The van der Waals surface area contributed by atoms with Crippen molar-refractivity contribution in [2.24, 2.45) is 0 Å². The first-order chi connectivity index (χ1) is 15.9. The maximum absolute atomic E-state index is 13.1. The second-order valence-corrected chi connectivity index (χ2v) is 8.63. The van der Waals surface area contributed by atoms with Gasteiger partial charge in [-0.05, 0) is 49.6 Å². The number of nitrogens with one attached hydrogen (secondary N) is 2. The van der Waals surface area contributed by atoms with Crippen molar-refractivity contribution in [2.45, 2.75) is 58.4 Å². The summed E-state index contributed by atoms with van der Waals surface area (Å²) in [4.78, 5) is 24.9. The number of aromatic nitrogens is 2. The van der Waals surface area contributed by atoms with E-state index < -0.39 is 0 Å². The molecule has 0 unspecified atom stereocenters. The normalized spacial score (nSPS) is 13.8. The Hall–Kier alpha value is -3.61. The average molecular weight is 447 g/mol. The molecule has 0 aliphatic heterocycles. The van der Waals surface area contributed by atoms with Gasteiger partial charge in [0.15, 0.2) is 0 Å². The van der Waals surface area contributed by atoms with Gasteiger partial charge < -0.3 is 15.7 Å². The molecule has 3 N–H and O–H groups in total. The van der Waals surface area contributed by atoms with Crippen molar-refractivity contribution in [3.8, 4) is 17.0 Å². The molecular formula is C26H30N4O3. The highest BCUT2D eigenvalue weighted by molar-refractivity contribution is 5.91. The van der Waals surface area contributed by atoms with Gasteiger partial charge in [-0.2, -0.15) is 9.78 Å². The van der Waals surface area contributed by atoms with Gasteiger partial charge in [-0.1, -0.05) is 49.6 Å². The quantitative estimate of drug-likeness (QED) is 0.446. The summed E-state index contributed by atoms with van der Waals surface area (Å²) in [5, 5.41) is 20.9. The minimum absolute atomic E-state index is 0.0483. The Morgan fingerprint density at radius 2 is 1.82 bits per heavy atom. The van der Waals surface area contributed by atoms with Crippen molar-refractivity contribution < 1.29 is 14.7 Å². The number of rotatable bonds is 6. The van der Waals surface area contributed by atoms with Gasteiger partial charge in [0.05, 0.1) is 11.4 Å². The lowest BCUT2D eigenvalue weighted by atomic mass is 10.0. The van der Waals surface area contributed by atoms with Gasteiger partial charge in [-0.25, -0.2) is 4.79 Å². The van der Waals surface area contributed by atoms with Gasteiger partial charge in [0.1, 0.15) is 5.75 Å². The van der Waals surface area contributed by atoms with Crippen LogP contribution in [0.15, 0.2) is 48.5 Å². The van der Waals surface area contributed by atoms with Crippen molar-refractivity contribution in [3.05, 3.63) is 65.4 Å². The molecule has 172 valence electrons. The highest BCUT2D eigenvalue weighted by atomic mass is 16.3. The summed E-state index contributed by atoms with van der Waals surface area (Å²) < 4.78 is 1.44. The zero-order chi connectivity index (χ0) is 23.4. The number of amides is 2. The lowest BCUT2D eigenvalue weighted by Crippen LogP contribution is -2.30. The van der Waals surface area contributed by atoms with Gasteiger partial charge in [0.2, 0.25) is 5.91 Å². The van der Waals surface area contributed by atoms with E-state index in [2.05, 4.69) is 15.7 Å². The smallest absolute Gasteiger partial charge is 0.342 e. The van der Waals surface area contributed by atoms with Crippen LogP contribution in [0.1, 0.15) is 61.8 Å². The number of anilines is 1. The standard InChI is InChI=1S/C26H30N4O3/c1-3-25(32)28-20-12-13-24(31)21(14-20)22-15-23(19-6-4-5-7-19)30(29-22)26(33)27-16-18-10-8-17(2)9-11-18/h8-15,19,31H,3-7,16H2,1-2H3,(H,27,33)(H,28,32). The Labute approximate surface area is 193 Å². The summed E-state index contributed by atoms with van der Waals surface area (Å²) in [5.41, 5.74) is 4.60. The molecule has 33 heavy (non-hydrogen) atoms. The molecule has 0 radical (unpaired) electrons. The van der Waals surface area contributed by atoms with Crippen molar-refractivity contribution in [2.75, 3.05) is 5.32 Å². The summed E-state index contributed by atoms with van der Waals surface area (Å²) in [6.07, 6.45) is 4.63. The molecule has 1 fully saturated rings. The Bertz CT molecular complexity index is 1140. The number of hydrogen-bond acceptors (Lipinski definition) is 4. The molecule has 0 spiro atoms. The monoisotopic (exact) mass is 446 g/mol. The highest BCUT2D eigenvalue weighted by Gasteiger charge is 2.26. The lowest BCUT2D eigenvalue weighted by molar-refractivity contribution is -0.115. The summed E-state index contributed by atoms with van der Waals surface area (Å²) in [7, 11) is 0. The summed E-state index contributed by atoms with van der Waals surface area (Å²) in [5.74, 6) is 0.188. The fourth-order valence-electron chi connectivity index (χ4n) is 4.23. The average Bonchev–Trinajstić information content (AvgIpc) is 3.50. The second kappa shape index (κ2) is 9.90. The molecule has 0 bridgehead atoms. The first-order valence-corrected chi connectivity index (χ1v) is 11.5. The molecule has 4 rings (SSSR count). The van der Waals surface area contributed by atoms with Crippen molar-refractivity contribution in [1.82, 2.24) is 15.1 Å². The van der Waals surface area contributed by atoms with Gasteiger partial charge in [0.25, 0.3) is 0 Å². The summed E-state index contributed by atoms with van der Waals surface area (Å²) >= 11 is 0. The molecule has 1 aliphatic carbocycles. The van der Waals surface area contributed by atoms with Crippen molar-refractivity contribution in [3.63, 3.8) is 0 Å². The van der Waals surface area contributed by atoms with Crippen LogP contribution in [0.2, 0.25) is 0 Å². The van der Waals surface area contributed by atoms with Gasteiger partial charge in [0, 0.05) is 30.1 Å². The Morgan fingerprint density at radius 1 is 1.09 bits per heavy atom. The van der Waals surface area contributed by atoms with Crippen LogP contribution < -0.4 is 10.6 Å². The largest absolute Gasteiger partial charge is 0.507 e. The van der Waals surface area contributed by atoms with Crippen molar-refractivity contribution >= 4 is 17.6 Å². The molecule has 0 saturated heterocycles. The number of aromatic hydroxyl groups is 1. The van der Waals surface area contributed by atoms with Crippen molar-refractivity contribution in [1.29, 1.82) is 0 Å². The molecule has 1 saturated carbocycles. The summed E-state index contributed by atoms with van der Waals surface area (Å²) in [6.45, 7) is 4.21. The third-order valence-electron chi connectivity index (χ3n) is 6.14. The maximum atomic E-state index is 13.1. The first kappa shape index (κ1) is 22.6. The zero-order valence-corrected chi connectivity index (χ0v) is 19.1. The Kier molecular flexibility index (Phi) is 6.77. The molecule has 1 aromatic heterocycles. The number of benzene rings is 2. The first-order valence-electron chi connectivity index (χ1n) is 11.5. The highest BCUT2D eigenvalue weighted by Crippen LogP contribution is 2.38. The van der Waals surface area contributed by atoms with E-state index in [9.17, 15) is 14.7 Å². The van der Waals surface area contributed by atoms with Crippen LogP contribution in [0, 0.1) is 6.92 Å². The fraction of sp³-hybridized carbons (Fsp3) is 0.346. The van der Waals surface area contributed by atoms with E-state index in [0.29, 0.717) is 29.9 Å². The topological polar surface area (TPSA) is 96.2 Å². The van der Waals surface area contributed by atoms with Crippen LogP contribution in [0.25, 0.3) is 11.3 Å². The minimum Gasteiger partial charge on any atom is -0.507 e. The van der Waals surface area contributed by atoms with Crippen LogP contribution in [-0.4, -0.2) is 26.8 Å². The Balaban J connectivity index is 1.63. The molecule has 0 atom stereocenters. The van der Waals surface area contributed by atoms with E-state index in [0.717, 1.165) is 36.9 Å². The zero-order valence-electron chi connectivity index (χ0n) is 19.1. The summed E-state index contributed by atoms with van der Waals surface area (Å²) in [6, 6.07) is 14.5. The minimum atomic E-state index is -0.293. The van der Waals surface area contributed by atoms with E-state index >= 15 is 0 Å². The van der Waals surface area contributed by atoms with Gasteiger partial charge >= 0.3 is 6.03 Å². The number of hydrogen-bond donors (Lipinski definition) is 3. The number of carbonyl (C=O) groups excluding carboxylic acids is 2. The molecule has 3 aromatic rings. The van der Waals surface area contributed by atoms with E-state index in [1.165, 1.54) is 16.3 Å². The van der Waals surface area contributed by atoms with E-state index in [4.69, 9.17) is 0 Å². The number of phenols is 1. The van der Waals surface area contributed by atoms with Crippen LogP contribution >= 0.6 is 0 Å². The van der Waals surface area contributed by atoms with E-state index in [-0.39, 0.29) is 23.6 Å². The molecule has 7 heteroatoms. The molecule has 7 nitrogen and oxygen atoms in total. The van der Waals surface area contributed by atoms with Gasteiger partial charge in [-0.3, -0.25) is 4.79 Å². The molecule has 2 amide bonds. The number of phenolic OH excluding ortho intramolecular Hbond substituents is 1. The third-order valence-corrected chi connectivity index (χ3v) is 6.14. The molecule has 2 aromatic carbocycles.